The highest BCUT2D eigenvalue weighted by molar-refractivity contribution is 9.10. The van der Waals surface area contributed by atoms with Crippen molar-refractivity contribution in [1.82, 2.24) is 5.32 Å². The number of methoxy groups -OCH3 is 1. The van der Waals surface area contributed by atoms with Crippen molar-refractivity contribution in [3.63, 3.8) is 0 Å². The minimum atomic E-state index is -2.30. The molecule has 2 amide bonds. The molecule has 11 heteroatoms. The molecule has 0 radical (unpaired) electrons. The van der Waals surface area contributed by atoms with Gasteiger partial charge >= 0.3 is 0 Å². The summed E-state index contributed by atoms with van der Waals surface area (Å²) >= 11 is 3.70. The first-order valence-corrected chi connectivity index (χ1v) is 22.9. The van der Waals surface area contributed by atoms with E-state index in [0.29, 0.717) is 19.6 Å². The molecule has 4 aliphatic rings. The van der Waals surface area contributed by atoms with Crippen LogP contribution in [0.1, 0.15) is 37.3 Å². The van der Waals surface area contributed by atoms with Gasteiger partial charge in [0.25, 0.3) is 11.8 Å². The number of aliphatic hydroxyl groups excluding tert-OH is 1. The van der Waals surface area contributed by atoms with E-state index in [1.54, 1.807) is 7.11 Å². The molecule has 3 saturated heterocycles. The first kappa shape index (κ1) is 36.9. The maximum absolute atomic E-state index is 15.2. The number of piperidine rings is 1. The lowest BCUT2D eigenvalue weighted by Crippen LogP contribution is -2.55. The lowest BCUT2D eigenvalue weighted by atomic mass is 9.82. The second-order valence-electron chi connectivity index (χ2n) is 15.8. The third kappa shape index (κ3) is 5.82. The van der Waals surface area contributed by atoms with Crippen LogP contribution < -0.4 is 29.9 Å². The number of anilines is 3. The van der Waals surface area contributed by atoms with Crippen molar-refractivity contribution in [1.29, 1.82) is 0 Å². The normalized spacial score (nSPS) is 24.9. The summed E-state index contributed by atoms with van der Waals surface area (Å²) in [7, 11) is -0.624. The number of benzene rings is 4. The fourth-order valence-electron chi connectivity index (χ4n) is 10.0. The molecule has 0 unspecified atom stereocenters. The fourth-order valence-corrected chi connectivity index (χ4v) is 14.4. The Morgan fingerprint density at radius 1 is 0.926 bits per heavy atom. The number of carbonyl (C=O) groups excluding carboxylic acids is 2. The lowest BCUT2D eigenvalue weighted by Gasteiger charge is -2.39. The van der Waals surface area contributed by atoms with Crippen molar-refractivity contribution in [3.8, 4) is 5.75 Å². The van der Waals surface area contributed by atoms with Crippen molar-refractivity contribution in [2.75, 3.05) is 48.2 Å². The Hall–Kier alpha value is -4.00. The summed E-state index contributed by atoms with van der Waals surface area (Å²) in [6.07, 6.45) is 1.62. The van der Waals surface area contributed by atoms with Gasteiger partial charge in [0.15, 0.2) is 5.60 Å². The quantitative estimate of drug-likeness (QED) is 0.186. The summed E-state index contributed by atoms with van der Waals surface area (Å²) in [6, 6.07) is 32.7. The average Bonchev–Trinajstić information content (AvgIpc) is 3.73. The molecule has 4 aliphatic heterocycles. The molecule has 3 fully saturated rings. The third-order valence-electron chi connectivity index (χ3n) is 12.7. The molecule has 4 aromatic rings. The molecule has 4 atom stereocenters. The number of halogens is 1. The summed E-state index contributed by atoms with van der Waals surface area (Å²) in [5.74, 6) is 0.677. The molecule has 4 heterocycles. The van der Waals surface area contributed by atoms with Gasteiger partial charge in [-0.15, -0.1) is 0 Å². The van der Waals surface area contributed by atoms with Crippen LogP contribution in [0.4, 0.5) is 17.1 Å². The van der Waals surface area contributed by atoms with Crippen LogP contribution >= 0.6 is 15.9 Å². The molecular weight excluding hydrogens is 760 g/mol. The number of nitrogens with zero attached hydrogens (tertiary/aromatic N) is 3. The van der Waals surface area contributed by atoms with Crippen molar-refractivity contribution < 1.29 is 24.2 Å². The third-order valence-corrected chi connectivity index (χ3v) is 17.6. The van der Waals surface area contributed by atoms with Gasteiger partial charge < -0.3 is 29.7 Å². The van der Waals surface area contributed by atoms with E-state index in [4.69, 9.17) is 9.47 Å². The molecule has 4 aromatic carbocycles. The molecule has 0 bridgehead atoms. The number of amides is 2. The number of fused-ring (bicyclic) bond motifs is 2. The number of para-hydroxylation sites is 1. The number of rotatable bonds is 9. The topological polar surface area (TPSA) is 94.6 Å². The number of nitrogens with one attached hydrogen (secondary N) is 1. The zero-order chi connectivity index (χ0) is 37.8. The van der Waals surface area contributed by atoms with E-state index in [2.05, 4.69) is 76.5 Å². The first-order chi connectivity index (χ1) is 26.0. The molecule has 9 nitrogen and oxygen atoms in total. The van der Waals surface area contributed by atoms with Crippen molar-refractivity contribution in [2.45, 2.75) is 68.6 Å². The fraction of sp³-hybridized carbons (Fsp3) is 0.395. The highest BCUT2D eigenvalue weighted by Crippen LogP contribution is 2.60. The van der Waals surface area contributed by atoms with E-state index in [1.807, 2.05) is 76.5 Å². The maximum Gasteiger partial charge on any atom is 0.264 e. The molecule has 0 saturated carbocycles. The van der Waals surface area contributed by atoms with Crippen molar-refractivity contribution in [3.05, 3.63) is 113 Å². The molecule has 0 aliphatic carbocycles. The van der Waals surface area contributed by atoms with Gasteiger partial charge in [-0.2, -0.15) is 0 Å². The Morgan fingerprint density at radius 3 is 2.35 bits per heavy atom. The number of ether oxygens (including phenoxy) is 2. The minimum Gasteiger partial charge on any atom is -0.497 e. The largest absolute Gasteiger partial charge is 0.497 e. The van der Waals surface area contributed by atoms with Crippen LogP contribution in [0.15, 0.2) is 102 Å². The van der Waals surface area contributed by atoms with Crippen LogP contribution in [0, 0.1) is 5.92 Å². The van der Waals surface area contributed by atoms with Crippen molar-refractivity contribution >= 4 is 58.1 Å². The second kappa shape index (κ2) is 14.3. The van der Waals surface area contributed by atoms with Crippen LogP contribution in [-0.2, 0) is 26.5 Å². The number of hydrogen-bond donors (Lipinski definition) is 2. The SMILES string of the molecule is COc1ccc([Si](C)(C)[C@@H]2[C@@H](CCO)O[C@]3(C(=O)N(Cc4cccc(N5CN(c6ccccc6)C6(CCNCC6)C5=O)c4)c4ccc(Br)cc43)[C@H]2C)cc1. The Morgan fingerprint density at radius 2 is 1.65 bits per heavy atom. The van der Waals surface area contributed by atoms with Crippen LogP contribution in [-0.4, -0.2) is 70.1 Å². The Balaban J connectivity index is 1.13. The molecule has 54 heavy (non-hydrogen) atoms. The summed E-state index contributed by atoms with van der Waals surface area (Å²) < 4.78 is 13.4. The molecular formula is C43H49BrN4O5Si. The van der Waals surface area contributed by atoms with E-state index < -0.39 is 19.2 Å². The van der Waals surface area contributed by atoms with Crippen LogP contribution in [0.3, 0.4) is 0 Å². The standard InChI is InChI=1S/C43H49BrN4O5Si/c1-29-39(54(3,4)35-16-14-34(52-2)15-17-35)38(19-24-49)53-43(29)36-26-31(44)13-18-37(36)46(41(43)51)27-30-9-8-12-33(25-30)47-28-48(32-10-6-5-7-11-32)42(40(47)50)20-22-45-23-21-42/h5-18,25-26,29,38-39,45,49H,19-24,27-28H2,1-4H3/t29-,38+,39-,43+/m0/s1. The second-order valence-corrected chi connectivity index (χ2v) is 21.4. The predicted octanol–water partition coefficient (Wildman–Crippen LogP) is 6.54. The van der Waals surface area contributed by atoms with E-state index in [1.165, 1.54) is 5.19 Å². The van der Waals surface area contributed by atoms with E-state index in [9.17, 15) is 9.90 Å². The monoisotopic (exact) mass is 808 g/mol. The van der Waals surface area contributed by atoms with Gasteiger partial charge in [-0.05, 0) is 98.1 Å². The number of hydrogen-bond acceptors (Lipinski definition) is 7. The average molecular weight is 810 g/mol. The predicted molar refractivity (Wildman–Crippen MR) is 219 cm³/mol. The van der Waals surface area contributed by atoms with E-state index in [0.717, 1.165) is 64.3 Å². The molecule has 0 aromatic heterocycles. The van der Waals surface area contributed by atoms with E-state index in [-0.39, 0.29) is 36.0 Å². The smallest absolute Gasteiger partial charge is 0.264 e. The zero-order valence-electron chi connectivity index (χ0n) is 31.4. The highest BCUT2D eigenvalue weighted by atomic mass is 79.9. The van der Waals surface area contributed by atoms with E-state index >= 15 is 4.79 Å². The number of aliphatic hydroxyl groups is 1. The van der Waals surface area contributed by atoms with Gasteiger partial charge in [0, 0.05) is 33.9 Å². The zero-order valence-corrected chi connectivity index (χ0v) is 34.0. The van der Waals surface area contributed by atoms with Gasteiger partial charge in [-0.3, -0.25) is 14.5 Å². The summed E-state index contributed by atoms with van der Waals surface area (Å²) in [6.45, 7) is 9.20. The Kier molecular flexibility index (Phi) is 9.75. The van der Waals surface area contributed by atoms with Gasteiger partial charge in [0.05, 0.1) is 40.2 Å². The minimum absolute atomic E-state index is 0.0260. The van der Waals surface area contributed by atoms with Gasteiger partial charge in [-0.1, -0.05) is 83.6 Å². The summed E-state index contributed by atoms with van der Waals surface area (Å²) in [4.78, 5) is 35.7. The van der Waals surface area contributed by atoms with Crippen LogP contribution in [0.25, 0.3) is 0 Å². The Bertz CT molecular complexity index is 2040. The highest BCUT2D eigenvalue weighted by Gasteiger charge is 2.66. The summed E-state index contributed by atoms with van der Waals surface area (Å²) in [5.41, 5.74) is 2.72. The number of carbonyl (C=O) groups is 2. The molecule has 2 N–H and O–H groups in total. The molecule has 2 spiro atoms. The van der Waals surface area contributed by atoms with Crippen LogP contribution in [0.2, 0.25) is 18.6 Å². The lowest BCUT2D eigenvalue weighted by molar-refractivity contribution is -0.146. The van der Waals surface area contributed by atoms with Crippen molar-refractivity contribution in [2.24, 2.45) is 5.92 Å². The van der Waals surface area contributed by atoms with Gasteiger partial charge in [-0.25, -0.2) is 0 Å². The first-order valence-electron chi connectivity index (χ1n) is 19.0. The Labute approximate surface area is 327 Å². The van der Waals surface area contributed by atoms with Crippen LogP contribution in [0.5, 0.6) is 5.75 Å². The molecule has 282 valence electrons. The molecule has 8 rings (SSSR count). The van der Waals surface area contributed by atoms with Gasteiger partial charge in [0.2, 0.25) is 0 Å². The maximum atomic E-state index is 15.2. The summed E-state index contributed by atoms with van der Waals surface area (Å²) in [5, 5.41) is 15.0. The van der Waals surface area contributed by atoms with Gasteiger partial charge in [0.1, 0.15) is 11.3 Å².